The lowest BCUT2D eigenvalue weighted by molar-refractivity contribution is 0.589. The second-order valence-electron chi connectivity index (χ2n) is 5.69. The molecule has 3 nitrogen and oxygen atoms in total. The van der Waals surface area contributed by atoms with Crippen molar-refractivity contribution < 1.29 is 8.42 Å². The van der Waals surface area contributed by atoms with Crippen LogP contribution in [-0.2, 0) is 22.3 Å². The van der Waals surface area contributed by atoms with Crippen LogP contribution in [0.1, 0.15) is 11.1 Å². The normalized spacial score (nSPS) is 11.2. The summed E-state index contributed by atoms with van der Waals surface area (Å²) >= 11 is 6.29. The summed E-state index contributed by atoms with van der Waals surface area (Å²) < 4.78 is 27.6. The number of benzene rings is 3. The number of anilines is 1. The van der Waals surface area contributed by atoms with Crippen LogP contribution in [0.5, 0.6) is 0 Å². The Morgan fingerprint density at radius 3 is 1.84 bits per heavy atom. The molecule has 3 aromatic carbocycles. The number of hydrogen-bond acceptors (Lipinski definition) is 2. The third kappa shape index (κ3) is 4.41. The molecule has 3 aromatic rings. The molecule has 128 valence electrons. The van der Waals surface area contributed by atoms with E-state index in [1.165, 1.54) is 4.31 Å². The fraction of sp³-hybridized carbons (Fsp3) is 0.100. The van der Waals surface area contributed by atoms with E-state index in [4.69, 9.17) is 11.6 Å². The molecule has 0 aromatic heterocycles. The maximum Gasteiger partial charge on any atom is 0.239 e. The first-order chi connectivity index (χ1) is 12.1. The van der Waals surface area contributed by atoms with Gasteiger partial charge in [0.15, 0.2) is 0 Å². The van der Waals surface area contributed by atoms with Gasteiger partial charge in [0.1, 0.15) is 0 Å². The zero-order valence-corrected chi connectivity index (χ0v) is 15.1. The highest BCUT2D eigenvalue weighted by molar-refractivity contribution is 7.92. The molecular weight excluding hydrogens is 354 g/mol. The van der Waals surface area contributed by atoms with Gasteiger partial charge in [-0.2, -0.15) is 0 Å². The number of sulfonamides is 1. The van der Waals surface area contributed by atoms with Crippen LogP contribution in [0.4, 0.5) is 5.69 Å². The molecule has 0 aliphatic rings. The second kappa shape index (κ2) is 7.72. The van der Waals surface area contributed by atoms with Gasteiger partial charge in [0.05, 0.1) is 23.0 Å². The number of hydrogen-bond donors (Lipinski definition) is 0. The first-order valence-corrected chi connectivity index (χ1v) is 9.88. The van der Waals surface area contributed by atoms with E-state index in [9.17, 15) is 8.42 Å². The molecule has 5 heteroatoms. The van der Waals surface area contributed by atoms with Crippen LogP contribution in [0.3, 0.4) is 0 Å². The van der Waals surface area contributed by atoms with E-state index in [1.54, 1.807) is 24.3 Å². The van der Waals surface area contributed by atoms with E-state index in [2.05, 4.69) is 0 Å². The minimum atomic E-state index is -3.60. The monoisotopic (exact) mass is 371 g/mol. The molecular formula is C20H18ClNO2S. The maximum atomic E-state index is 13.1. The van der Waals surface area contributed by atoms with Crippen LogP contribution in [0.25, 0.3) is 0 Å². The first kappa shape index (κ1) is 17.5. The fourth-order valence-electron chi connectivity index (χ4n) is 2.60. The quantitative estimate of drug-likeness (QED) is 0.619. The van der Waals surface area contributed by atoms with Crippen LogP contribution >= 0.6 is 11.6 Å². The molecule has 0 aliphatic heterocycles. The van der Waals surface area contributed by atoms with E-state index >= 15 is 0 Å². The number of nitrogens with zero attached hydrogens (tertiary/aromatic N) is 1. The molecule has 0 bridgehead atoms. The molecule has 0 saturated carbocycles. The summed E-state index contributed by atoms with van der Waals surface area (Å²) in [5, 5.41) is 0.412. The third-order valence-corrected chi connectivity index (χ3v) is 5.83. The fourth-order valence-corrected chi connectivity index (χ4v) is 4.46. The smallest absolute Gasteiger partial charge is 0.239 e. The minimum Gasteiger partial charge on any atom is -0.264 e. The standard InChI is InChI=1S/C20H18ClNO2S/c21-19-13-7-8-14-20(19)22(15-17-9-3-1-4-10-17)25(23,24)16-18-11-5-2-6-12-18/h1-14H,15-16H2. The Morgan fingerprint density at radius 1 is 0.720 bits per heavy atom. The van der Waals surface area contributed by atoms with E-state index in [0.29, 0.717) is 10.7 Å². The predicted octanol–water partition coefficient (Wildman–Crippen LogP) is 4.88. The van der Waals surface area contributed by atoms with E-state index < -0.39 is 10.0 Å². The van der Waals surface area contributed by atoms with E-state index in [-0.39, 0.29) is 12.3 Å². The summed E-state index contributed by atoms with van der Waals surface area (Å²) in [5.74, 6) is -0.0775. The number of halogens is 1. The van der Waals surface area contributed by atoms with Gasteiger partial charge in [-0.1, -0.05) is 84.4 Å². The molecule has 0 radical (unpaired) electrons. The lowest BCUT2D eigenvalue weighted by Crippen LogP contribution is -2.32. The zero-order valence-electron chi connectivity index (χ0n) is 13.5. The van der Waals surface area contributed by atoms with Crippen LogP contribution in [0, 0.1) is 0 Å². The molecule has 0 unspecified atom stereocenters. The number of para-hydroxylation sites is 1. The molecule has 3 rings (SSSR count). The van der Waals surface area contributed by atoms with Gasteiger partial charge in [0, 0.05) is 0 Å². The summed E-state index contributed by atoms with van der Waals surface area (Å²) in [7, 11) is -3.60. The lowest BCUT2D eigenvalue weighted by atomic mass is 10.2. The Labute approximate surface area is 153 Å². The van der Waals surface area contributed by atoms with Gasteiger partial charge in [-0.15, -0.1) is 0 Å². The number of rotatable bonds is 6. The summed E-state index contributed by atoms with van der Waals surface area (Å²) in [4.78, 5) is 0. The van der Waals surface area contributed by atoms with Crippen molar-refractivity contribution >= 4 is 27.3 Å². The Bertz CT molecular complexity index is 928. The SMILES string of the molecule is O=S(=O)(Cc1ccccc1)N(Cc1ccccc1)c1ccccc1Cl. The average Bonchev–Trinajstić information content (AvgIpc) is 2.62. The first-order valence-electron chi connectivity index (χ1n) is 7.89. The largest absolute Gasteiger partial charge is 0.264 e. The van der Waals surface area contributed by atoms with Gasteiger partial charge in [0.2, 0.25) is 10.0 Å². The highest BCUT2D eigenvalue weighted by atomic mass is 35.5. The van der Waals surface area contributed by atoms with Crippen molar-refractivity contribution in [3.8, 4) is 0 Å². The molecule has 0 atom stereocenters. The van der Waals surface area contributed by atoms with Crippen molar-refractivity contribution in [1.82, 2.24) is 0 Å². The van der Waals surface area contributed by atoms with Gasteiger partial charge >= 0.3 is 0 Å². The highest BCUT2D eigenvalue weighted by Crippen LogP contribution is 2.30. The van der Waals surface area contributed by atoms with Crippen molar-refractivity contribution in [3.63, 3.8) is 0 Å². The summed E-state index contributed by atoms with van der Waals surface area (Å²) in [6, 6.07) is 25.7. The summed E-state index contributed by atoms with van der Waals surface area (Å²) in [6.07, 6.45) is 0. The van der Waals surface area contributed by atoms with Crippen LogP contribution in [0.15, 0.2) is 84.9 Å². The molecule has 0 heterocycles. The van der Waals surface area contributed by atoms with Gasteiger partial charge < -0.3 is 0 Å². The molecule has 25 heavy (non-hydrogen) atoms. The molecule has 0 saturated heterocycles. The maximum absolute atomic E-state index is 13.1. The van der Waals surface area contributed by atoms with Crippen LogP contribution in [-0.4, -0.2) is 8.42 Å². The van der Waals surface area contributed by atoms with Crippen LogP contribution < -0.4 is 4.31 Å². The minimum absolute atomic E-state index is 0.0775. The summed E-state index contributed by atoms with van der Waals surface area (Å²) in [6.45, 7) is 0.236. The van der Waals surface area contributed by atoms with Gasteiger partial charge in [-0.3, -0.25) is 4.31 Å². The van der Waals surface area contributed by atoms with Gasteiger partial charge in [0.25, 0.3) is 0 Å². The molecule has 0 fully saturated rings. The summed E-state index contributed by atoms with van der Waals surface area (Å²) in [5.41, 5.74) is 2.13. The lowest BCUT2D eigenvalue weighted by Gasteiger charge is -2.25. The Morgan fingerprint density at radius 2 is 1.24 bits per heavy atom. The van der Waals surface area contributed by atoms with Crippen molar-refractivity contribution in [2.75, 3.05) is 4.31 Å². The Hall–Kier alpha value is -2.30. The Kier molecular flexibility index (Phi) is 5.41. The Balaban J connectivity index is 1.99. The van der Waals surface area contributed by atoms with E-state index in [0.717, 1.165) is 11.1 Å². The molecule has 0 N–H and O–H groups in total. The van der Waals surface area contributed by atoms with Gasteiger partial charge in [-0.05, 0) is 23.3 Å². The van der Waals surface area contributed by atoms with Crippen molar-refractivity contribution in [3.05, 3.63) is 101 Å². The molecule has 0 aliphatic carbocycles. The van der Waals surface area contributed by atoms with Crippen molar-refractivity contribution in [2.45, 2.75) is 12.3 Å². The van der Waals surface area contributed by atoms with Crippen molar-refractivity contribution in [2.24, 2.45) is 0 Å². The highest BCUT2D eigenvalue weighted by Gasteiger charge is 2.25. The average molecular weight is 372 g/mol. The molecule has 0 amide bonds. The molecule has 0 spiro atoms. The van der Waals surface area contributed by atoms with Crippen LogP contribution in [0.2, 0.25) is 5.02 Å². The predicted molar refractivity (Wildman–Crippen MR) is 103 cm³/mol. The van der Waals surface area contributed by atoms with E-state index in [1.807, 2.05) is 60.7 Å². The van der Waals surface area contributed by atoms with Gasteiger partial charge in [-0.25, -0.2) is 8.42 Å². The van der Waals surface area contributed by atoms with Crippen molar-refractivity contribution in [1.29, 1.82) is 0 Å². The topological polar surface area (TPSA) is 37.4 Å². The zero-order chi connectivity index (χ0) is 17.7. The second-order valence-corrected chi connectivity index (χ2v) is 7.99. The third-order valence-electron chi connectivity index (χ3n) is 3.82.